The van der Waals surface area contributed by atoms with Crippen molar-refractivity contribution in [3.63, 3.8) is 0 Å². The van der Waals surface area contributed by atoms with Gasteiger partial charge in [-0.05, 0) is 23.6 Å². The van der Waals surface area contributed by atoms with Crippen LogP contribution in [-0.2, 0) is 16.6 Å². The van der Waals surface area contributed by atoms with E-state index in [9.17, 15) is 29.7 Å². The number of aromatic hydroxyl groups is 3. The van der Waals surface area contributed by atoms with E-state index in [0.717, 1.165) is 6.07 Å². The molecule has 0 saturated carbocycles. The Morgan fingerprint density at radius 3 is 2.35 bits per heavy atom. The molecule has 0 saturated heterocycles. The minimum Gasteiger partial charge on any atom is -0.504 e. The highest BCUT2D eigenvalue weighted by molar-refractivity contribution is 5.94. The lowest BCUT2D eigenvalue weighted by molar-refractivity contribution is -0.140. The van der Waals surface area contributed by atoms with Crippen LogP contribution in [0.1, 0.15) is 23.5 Å². The predicted molar refractivity (Wildman–Crippen MR) is 147 cm³/mol. The van der Waals surface area contributed by atoms with Gasteiger partial charge in [-0.15, -0.1) is 0 Å². The highest BCUT2D eigenvalue weighted by Crippen LogP contribution is 2.49. The molecule has 0 bridgehead atoms. The van der Waals surface area contributed by atoms with Crippen LogP contribution in [0.4, 0.5) is 0 Å². The monoisotopic (exact) mass is 543 g/mol. The quantitative estimate of drug-likeness (QED) is 0.212. The molecule has 0 aliphatic heterocycles. The van der Waals surface area contributed by atoms with Gasteiger partial charge < -0.3 is 33.8 Å². The van der Waals surface area contributed by atoms with E-state index in [1.165, 1.54) is 18.8 Å². The topological polar surface area (TPSA) is 148 Å². The summed E-state index contributed by atoms with van der Waals surface area (Å²) in [6.07, 6.45) is -0.459. The molecule has 40 heavy (non-hydrogen) atoms. The number of ether oxygens (including phenoxy) is 2. The SMILES string of the molecule is COC(=O)C[C@@H](c1cc2ccc(OC)cc2n(C)c1=O)c1c(O)c(O)c(O)c2c(=O)cc(-c3ccccc3)oc12. The molecule has 0 spiro atoms. The zero-order chi connectivity index (χ0) is 28.7. The van der Waals surface area contributed by atoms with E-state index >= 15 is 0 Å². The number of aromatic nitrogens is 1. The third-order valence-electron chi connectivity index (χ3n) is 6.98. The average molecular weight is 544 g/mol. The summed E-state index contributed by atoms with van der Waals surface area (Å²) in [5.74, 6) is -4.06. The molecule has 0 fully saturated rings. The van der Waals surface area contributed by atoms with Crippen LogP contribution in [0.5, 0.6) is 23.0 Å². The Morgan fingerprint density at radius 1 is 0.950 bits per heavy atom. The Labute approximate surface area is 226 Å². The molecule has 5 rings (SSSR count). The Morgan fingerprint density at radius 2 is 1.68 bits per heavy atom. The van der Waals surface area contributed by atoms with Crippen LogP contribution in [0.15, 0.2) is 74.7 Å². The number of rotatable bonds is 6. The van der Waals surface area contributed by atoms with E-state index in [0.29, 0.717) is 22.2 Å². The third kappa shape index (κ3) is 4.29. The number of fused-ring (bicyclic) bond motifs is 2. The van der Waals surface area contributed by atoms with Gasteiger partial charge in [0.1, 0.15) is 22.5 Å². The smallest absolute Gasteiger partial charge is 0.306 e. The van der Waals surface area contributed by atoms with Crippen molar-refractivity contribution < 1.29 is 34.0 Å². The molecule has 10 heteroatoms. The van der Waals surface area contributed by atoms with Gasteiger partial charge in [-0.1, -0.05) is 30.3 Å². The maximum atomic E-state index is 13.7. The van der Waals surface area contributed by atoms with Crippen LogP contribution < -0.4 is 15.7 Å². The second-order valence-corrected chi connectivity index (χ2v) is 9.23. The van der Waals surface area contributed by atoms with Crippen LogP contribution in [0.2, 0.25) is 0 Å². The molecular weight excluding hydrogens is 518 g/mol. The fourth-order valence-corrected chi connectivity index (χ4v) is 4.90. The van der Waals surface area contributed by atoms with Gasteiger partial charge in [0.2, 0.25) is 5.75 Å². The lowest BCUT2D eigenvalue weighted by Gasteiger charge is -2.21. The zero-order valence-corrected chi connectivity index (χ0v) is 21.8. The van der Waals surface area contributed by atoms with Crippen LogP contribution in [0, 0.1) is 0 Å². The minimum absolute atomic E-state index is 0.0556. The highest BCUT2D eigenvalue weighted by atomic mass is 16.5. The molecule has 0 unspecified atom stereocenters. The zero-order valence-electron chi connectivity index (χ0n) is 21.8. The number of phenols is 3. The molecule has 1 atom stereocenters. The van der Waals surface area contributed by atoms with Gasteiger partial charge in [0.15, 0.2) is 16.9 Å². The first-order valence-electron chi connectivity index (χ1n) is 12.2. The van der Waals surface area contributed by atoms with Gasteiger partial charge in [0, 0.05) is 41.8 Å². The van der Waals surface area contributed by atoms with Crippen LogP contribution >= 0.6 is 0 Å². The van der Waals surface area contributed by atoms with Crippen LogP contribution in [-0.4, -0.2) is 40.1 Å². The largest absolute Gasteiger partial charge is 0.504 e. The molecule has 0 aliphatic rings. The number of benzene rings is 3. The van der Waals surface area contributed by atoms with E-state index < -0.39 is 51.9 Å². The normalized spacial score (nSPS) is 12.0. The summed E-state index contributed by atoms with van der Waals surface area (Å²) in [6.45, 7) is 0. The standard InChI is InChI=1S/C30H25NO9/c1-31-20-12-17(38-2)10-9-16(20)11-19(30(31)37)18(13-23(33)39-3)24-26(34)28(36)27(35)25-21(32)14-22(40-29(24)25)15-7-5-4-6-8-15/h4-12,14,18,34-36H,13H2,1-3H3/t18-/m0/s1. The first-order chi connectivity index (χ1) is 19.2. The Bertz CT molecular complexity index is 1910. The van der Waals surface area contributed by atoms with Gasteiger partial charge in [-0.25, -0.2) is 0 Å². The summed E-state index contributed by atoms with van der Waals surface area (Å²) < 4.78 is 17.6. The third-order valence-corrected chi connectivity index (χ3v) is 6.98. The number of esters is 1. The molecule has 204 valence electrons. The summed E-state index contributed by atoms with van der Waals surface area (Å²) in [5.41, 5.74) is -0.605. The lowest BCUT2D eigenvalue weighted by atomic mass is 9.86. The summed E-state index contributed by atoms with van der Waals surface area (Å²) in [6, 6.07) is 16.5. The number of pyridine rings is 1. The van der Waals surface area contributed by atoms with Crippen molar-refractivity contribution in [3.8, 4) is 34.3 Å². The van der Waals surface area contributed by atoms with Gasteiger partial charge in [0.05, 0.1) is 26.2 Å². The molecule has 3 aromatic carbocycles. The molecular formula is C30H25NO9. The van der Waals surface area contributed by atoms with Crippen molar-refractivity contribution in [1.82, 2.24) is 4.57 Å². The highest BCUT2D eigenvalue weighted by Gasteiger charge is 2.33. The fourth-order valence-electron chi connectivity index (χ4n) is 4.90. The summed E-state index contributed by atoms with van der Waals surface area (Å²) in [7, 11) is 4.22. The fraction of sp³-hybridized carbons (Fsp3) is 0.167. The van der Waals surface area contributed by atoms with Gasteiger partial charge in [0.25, 0.3) is 5.56 Å². The first kappa shape index (κ1) is 26.4. The van der Waals surface area contributed by atoms with Gasteiger partial charge in [-0.2, -0.15) is 0 Å². The second kappa shape index (κ2) is 10.1. The number of phenolic OH excluding ortho intramolecular Hbond substituents is 3. The lowest BCUT2D eigenvalue weighted by Crippen LogP contribution is -2.25. The molecule has 2 aromatic heterocycles. The number of nitrogens with zero attached hydrogens (tertiary/aromatic N) is 1. The van der Waals surface area contributed by atoms with Crippen LogP contribution in [0.25, 0.3) is 33.2 Å². The molecule has 0 radical (unpaired) electrons. The van der Waals surface area contributed by atoms with Gasteiger partial charge in [-0.3, -0.25) is 14.4 Å². The molecule has 2 heterocycles. The van der Waals surface area contributed by atoms with Gasteiger partial charge >= 0.3 is 5.97 Å². The van der Waals surface area contributed by atoms with Crippen molar-refractivity contribution >= 4 is 27.8 Å². The number of carbonyl (C=O) groups excluding carboxylic acids is 1. The van der Waals surface area contributed by atoms with E-state index in [4.69, 9.17) is 13.9 Å². The summed E-state index contributed by atoms with van der Waals surface area (Å²) >= 11 is 0. The minimum atomic E-state index is -1.25. The Kier molecular flexibility index (Phi) is 6.68. The van der Waals surface area contributed by atoms with E-state index in [1.54, 1.807) is 61.6 Å². The first-order valence-corrected chi connectivity index (χ1v) is 12.2. The van der Waals surface area contributed by atoms with Crippen molar-refractivity contribution in [1.29, 1.82) is 0 Å². The van der Waals surface area contributed by atoms with Crippen molar-refractivity contribution in [2.45, 2.75) is 12.3 Å². The maximum Gasteiger partial charge on any atom is 0.306 e. The number of hydrogen-bond donors (Lipinski definition) is 3. The van der Waals surface area contributed by atoms with E-state index in [1.807, 2.05) is 0 Å². The number of carbonyl (C=O) groups is 1. The Hall–Kier alpha value is -5.25. The average Bonchev–Trinajstić information content (AvgIpc) is 2.97. The summed E-state index contributed by atoms with van der Waals surface area (Å²) in [5, 5.41) is 32.6. The number of methoxy groups -OCH3 is 2. The number of aryl methyl sites for hydroxylation is 1. The molecule has 3 N–H and O–H groups in total. The molecule has 0 amide bonds. The Balaban J connectivity index is 1.89. The van der Waals surface area contributed by atoms with Crippen molar-refractivity contribution in [2.75, 3.05) is 14.2 Å². The number of hydrogen-bond acceptors (Lipinski definition) is 9. The maximum absolute atomic E-state index is 13.7. The molecule has 0 aliphatic carbocycles. The summed E-state index contributed by atoms with van der Waals surface area (Å²) in [4.78, 5) is 39.6. The van der Waals surface area contributed by atoms with Crippen molar-refractivity contribution in [2.24, 2.45) is 7.05 Å². The van der Waals surface area contributed by atoms with E-state index in [-0.39, 0.29) is 22.5 Å². The molecule has 5 aromatic rings. The molecule has 10 nitrogen and oxygen atoms in total. The predicted octanol–water partition coefficient (Wildman–Crippen LogP) is 4.13. The van der Waals surface area contributed by atoms with Crippen molar-refractivity contribution in [3.05, 3.63) is 92.4 Å². The van der Waals surface area contributed by atoms with E-state index in [2.05, 4.69) is 0 Å². The van der Waals surface area contributed by atoms with Crippen LogP contribution in [0.3, 0.4) is 0 Å². The second-order valence-electron chi connectivity index (χ2n) is 9.23.